The van der Waals surface area contributed by atoms with Crippen LogP contribution in [0.15, 0.2) is 0 Å². The number of nitrogens with one attached hydrogen (secondary N) is 1. The van der Waals surface area contributed by atoms with Gasteiger partial charge in [0.25, 0.3) is 0 Å². The lowest BCUT2D eigenvalue weighted by molar-refractivity contribution is 0.221. The van der Waals surface area contributed by atoms with Crippen molar-refractivity contribution in [2.45, 2.75) is 57.7 Å². The number of hydrogen-bond acceptors (Lipinski definition) is 2. The van der Waals surface area contributed by atoms with Crippen molar-refractivity contribution in [1.82, 2.24) is 10.2 Å². The fourth-order valence-electron chi connectivity index (χ4n) is 2.48. The summed E-state index contributed by atoms with van der Waals surface area (Å²) in [6.07, 6.45) is 4.18. The van der Waals surface area contributed by atoms with Gasteiger partial charge in [0.2, 0.25) is 0 Å². The summed E-state index contributed by atoms with van der Waals surface area (Å²) in [4.78, 5) is 2.68. The van der Waals surface area contributed by atoms with E-state index >= 15 is 0 Å². The third kappa shape index (κ3) is 2.44. The highest BCUT2D eigenvalue weighted by atomic mass is 15.2. The van der Waals surface area contributed by atoms with Crippen molar-refractivity contribution >= 4 is 0 Å². The molecule has 2 fully saturated rings. The molecule has 1 atom stereocenters. The summed E-state index contributed by atoms with van der Waals surface area (Å²) >= 11 is 0. The van der Waals surface area contributed by atoms with E-state index in [9.17, 15) is 0 Å². The van der Waals surface area contributed by atoms with E-state index in [1.54, 1.807) is 0 Å². The van der Waals surface area contributed by atoms with Gasteiger partial charge in [0.15, 0.2) is 0 Å². The Balaban J connectivity index is 1.99. The lowest BCUT2D eigenvalue weighted by Crippen LogP contribution is -2.49. The Kier molecular flexibility index (Phi) is 2.37. The Morgan fingerprint density at radius 3 is 2.54 bits per heavy atom. The van der Waals surface area contributed by atoms with Crippen LogP contribution in [0, 0.1) is 0 Å². The van der Waals surface area contributed by atoms with Crippen LogP contribution in [-0.2, 0) is 0 Å². The van der Waals surface area contributed by atoms with Crippen molar-refractivity contribution in [3.05, 3.63) is 0 Å². The third-order valence-corrected chi connectivity index (χ3v) is 3.15. The second-order valence-corrected chi connectivity index (χ2v) is 5.42. The van der Waals surface area contributed by atoms with E-state index in [-0.39, 0.29) is 0 Å². The fraction of sp³-hybridized carbons (Fsp3) is 1.00. The summed E-state index contributed by atoms with van der Waals surface area (Å²) in [7, 11) is 0. The predicted molar refractivity (Wildman–Crippen MR) is 55.9 cm³/mol. The maximum atomic E-state index is 3.69. The Hall–Kier alpha value is -0.0800. The minimum atomic E-state index is 0.304. The van der Waals surface area contributed by atoms with Crippen LogP contribution in [0.3, 0.4) is 0 Å². The van der Waals surface area contributed by atoms with Gasteiger partial charge in [-0.05, 0) is 46.6 Å². The number of nitrogens with zero attached hydrogens (tertiary/aromatic N) is 1. The van der Waals surface area contributed by atoms with Crippen LogP contribution in [0.25, 0.3) is 0 Å². The van der Waals surface area contributed by atoms with Gasteiger partial charge < -0.3 is 5.32 Å². The van der Waals surface area contributed by atoms with Crippen LogP contribution >= 0.6 is 0 Å². The first-order valence-corrected chi connectivity index (χ1v) is 5.58. The molecule has 0 aromatic rings. The molecule has 0 spiro atoms. The zero-order valence-electron chi connectivity index (χ0n) is 9.14. The van der Waals surface area contributed by atoms with E-state index in [2.05, 4.69) is 31.0 Å². The van der Waals surface area contributed by atoms with Crippen LogP contribution in [-0.4, -0.2) is 35.6 Å². The molecule has 2 aliphatic rings. The maximum Gasteiger partial charge on any atom is 0.0254 e. The second-order valence-electron chi connectivity index (χ2n) is 5.42. The molecule has 0 aromatic carbocycles. The number of hydrogen-bond donors (Lipinski definition) is 1. The quantitative estimate of drug-likeness (QED) is 0.663. The molecule has 13 heavy (non-hydrogen) atoms. The molecule has 1 N–H and O–H groups in total. The molecule has 1 aliphatic carbocycles. The smallest absolute Gasteiger partial charge is 0.0254 e. The van der Waals surface area contributed by atoms with Crippen molar-refractivity contribution < 1.29 is 0 Å². The highest BCUT2D eigenvalue weighted by Gasteiger charge is 2.35. The lowest BCUT2D eigenvalue weighted by Gasteiger charge is -2.31. The molecule has 1 saturated carbocycles. The zero-order valence-corrected chi connectivity index (χ0v) is 9.14. The van der Waals surface area contributed by atoms with Gasteiger partial charge in [-0.25, -0.2) is 0 Å². The van der Waals surface area contributed by atoms with Crippen LogP contribution in [0.1, 0.15) is 40.0 Å². The van der Waals surface area contributed by atoms with E-state index < -0.39 is 0 Å². The molecule has 0 bridgehead atoms. The van der Waals surface area contributed by atoms with Crippen LogP contribution in [0.2, 0.25) is 0 Å². The van der Waals surface area contributed by atoms with E-state index in [0.29, 0.717) is 11.6 Å². The standard InChI is InChI=1S/C11H22N2/c1-9-6-7-13(10-4-5-10)8-11(2,3)12-9/h9-10,12H,4-8H2,1-3H3. The molecule has 0 radical (unpaired) electrons. The topological polar surface area (TPSA) is 15.3 Å². The van der Waals surface area contributed by atoms with Gasteiger partial charge in [-0.1, -0.05) is 0 Å². The Morgan fingerprint density at radius 2 is 1.92 bits per heavy atom. The lowest BCUT2D eigenvalue weighted by atomic mass is 10.0. The van der Waals surface area contributed by atoms with Gasteiger partial charge >= 0.3 is 0 Å². The molecule has 0 amide bonds. The van der Waals surface area contributed by atoms with Crippen molar-refractivity contribution in [3.8, 4) is 0 Å². The zero-order chi connectivity index (χ0) is 9.47. The molecule has 76 valence electrons. The molecule has 2 rings (SSSR count). The summed E-state index contributed by atoms with van der Waals surface area (Å²) in [5.74, 6) is 0. The summed E-state index contributed by atoms with van der Waals surface area (Å²) < 4.78 is 0. The third-order valence-electron chi connectivity index (χ3n) is 3.15. The maximum absolute atomic E-state index is 3.69. The van der Waals surface area contributed by atoms with Gasteiger partial charge in [-0.2, -0.15) is 0 Å². The summed E-state index contributed by atoms with van der Waals surface area (Å²) in [5, 5.41) is 3.69. The molecule has 1 heterocycles. The predicted octanol–water partition coefficient (Wildman–Crippen LogP) is 1.61. The Labute approximate surface area is 81.7 Å². The minimum Gasteiger partial charge on any atom is -0.308 e. The van der Waals surface area contributed by atoms with Crippen LogP contribution in [0.5, 0.6) is 0 Å². The van der Waals surface area contributed by atoms with Crippen molar-refractivity contribution in [2.24, 2.45) is 0 Å². The summed E-state index contributed by atoms with van der Waals surface area (Å²) in [5.41, 5.74) is 0.304. The fourth-order valence-corrected chi connectivity index (χ4v) is 2.48. The molecule has 2 nitrogen and oxygen atoms in total. The van der Waals surface area contributed by atoms with E-state index in [1.807, 2.05) is 0 Å². The highest BCUT2D eigenvalue weighted by molar-refractivity contribution is 4.94. The first kappa shape index (κ1) is 9.47. The summed E-state index contributed by atoms with van der Waals surface area (Å²) in [6.45, 7) is 9.47. The molecule has 1 aliphatic heterocycles. The van der Waals surface area contributed by atoms with Gasteiger partial charge in [-0.3, -0.25) is 4.90 Å². The SMILES string of the molecule is CC1CCN(C2CC2)CC(C)(C)N1. The van der Waals surface area contributed by atoms with E-state index in [1.165, 1.54) is 32.4 Å². The van der Waals surface area contributed by atoms with Crippen molar-refractivity contribution in [1.29, 1.82) is 0 Å². The average Bonchev–Trinajstić information content (AvgIpc) is 2.76. The van der Waals surface area contributed by atoms with Gasteiger partial charge in [-0.15, -0.1) is 0 Å². The second kappa shape index (κ2) is 3.25. The molecule has 1 unspecified atom stereocenters. The number of rotatable bonds is 1. The largest absolute Gasteiger partial charge is 0.308 e. The van der Waals surface area contributed by atoms with Crippen LogP contribution < -0.4 is 5.32 Å². The average molecular weight is 182 g/mol. The monoisotopic (exact) mass is 182 g/mol. The Morgan fingerprint density at radius 1 is 1.23 bits per heavy atom. The molecule has 2 heteroatoms. The van der Waals surface area contributed by atoms with Gasteiger partial charge in [0.05, 0.1) is 0 Å². The van der Waals surface area contributed by atoms with Crippen molar-refractivity contribution in [2.75, 3.05) is 13.1 Å². The molecule has 1 saturated heterocycles. The van der Waals surface area contributed by atoms with Crippen molar-refractivity contribution in [3.63, 3.8) is 0 Å². The normalized spacial score (nSPS) is 35.8. The first-order chi connectivity index (χ1) is 6.07. The highest BCUT2D eigenvalue weighted by Crippen LogP contribution is 2.29. The van der Waals surface area contributed by atoms with Gasteiger partial charge in [0.1, 0.15) is 0 Å². The van der Waals surface area contributed by atoms with Crippen LogP contribution in [0.4, 0.5) is 0 Å². The van der Waals surface area contributed by atoms with Gasteiger partial charge in [0, 0.05) is 24.2 Å². The minimum absolute atomic E-state index is 0.304. The molecule has 0 aromatic heterocycles. The molecular weight excluding hydrogens is 160 g/mol. The van der Waals surface area contributed by atoms with E-state index in [4.69, 9.17) is 0 Å². The summed E-state index contributed by atoms with van der Waals surface area (Å²) in [6, 6.07) is 1.60. The Bertz CT molecular complexity index is 185. The first-order valence-electron chi connectivity index (χ1n) is 5.58. The molecular formula is C11H22N2. The van der Waals surface area contributed by atoms with E-state index in [0.717, 1.165) is 6.04 Å².